The second-order valence-corrected chi connectivity index (χ2v) is 7.93. The van der Waals surface area contributed by atoms with Crippen LogP contribution in [0.3, 0.4) is 0 Å². The molecule has 2 unspecified atom stereocenters. The van der Waals surface area contributed by atoms with Crippen molar-refractivity contribution >= 4 is 10.0 Å². The Kier molecular flexibility index (Phi) is 4.87. The highest BCUT2D eigenvalue weighted by molar-refractivity contribution is 7.90. The lowest BCUT2D eigenvalue weighted by atomic mass is 9.74. The zero-order valence-electron chi connectivity index (χ0n) is 11.7. The normalized spacial score (nSPS) is 34.3. The Morgan fingerprint density at radius 3 is 2.53 bits per heavy atom. The molecule has 3 N–H and O–H groups in total. The molecule has 1 aliphatic carbocycles. The molecule has 6 heteroatoms. The Morgan fingerprint density at radius 2 is 1.95 bits per heavy atom. The molecule has 0 bridgehead atoms. The average molecular weight is 290 g/mol. The Morgan fingerprint density at radius 1 is 1.26 bits per heavy atom. The Labute approximate surface area is 116 Å². The van der Waals surface area contributed by atoms with Gasteiger partial charge in [-0.2, -0.15) is 0 Å². The van der Waals surface area contributed by atoms with Gasteiger partial charge < -0.3 is 10.5 Å². The van der Waals surface area contributed by atoms with Crippen LogP contribution in [0.2, 0.25) is 0 Å². The summed E-state index contributed by atoms with van der Waals surface area (Å²) in [6.45, 7) is 3.57. The van der Waals surface area contributed by atoms with Gasteiger partial charge in [-0.05, 0) is 31.6 Å². The first-order chi connectivity index (χ1) is 9.00. The van der Waals surface area contributed by atoms with Crippen LogP contribution in [0.5, 0.6) is 0 Å². The fraction of sp³-hybridized carbons (Fsp3) is 1.00. The molecule has 2 atom stereocenters. The van der Waals surface area contributed by atoms with Crippen LogP contribution >= 0.6 is 0 Å². The third-order valence-corrected chi connectivity index (χ3v) is 6.81. The summed E-state index contributed by atoms with van der Waals surface area (Å²) < 4.78 is 33.3. The molecule has 0 aromatic carbocycles. The van der Waals surface area contributed by atoms with Crippen molar-refractivity contribution in [2.24, 2.45) is 11.7 Å². The van der Waals surface area contributed by atoms with E-state index in [1.54, 1.807) is 0 Å². The quantitative estimate of drug-likeness (QED) is 0.809. The number of hydrogen-bond donors (Lipinski definition) is 2. The number of hydrogen-bond acceptors (Lipinski definition) is 4. The molecule has 1 saturated heterocycles. The number of nitrogens with one attached hydrogen (secondary N) is 1. The minimum Gasteiger partial charge on any atom is -0.381 e. The van der Waals surface area contributed by atoms with E-state index in [9.17, 15) is 8.42 Å². The lowest BCUT2D eigenvalue weighted by Crippen LogP contribution is -2.60. The highest BCUT2D eigenvalue weighted by atomic mass is 32.2. The maximum Gasteiger partial charge on any atom is 0.215 e. The summed E-state index contributed by atoms with van der Waals surface area (Å²) in [7, 11) is -3.30. The van der Waals surface area contributed by atoms with Crippen molar-refractivity contribution in [3.63, 3.8) is 0 Å². The molecule has 2 fully saturated rings. The smallest absolute Gasteiger partial charge is 0.215 e. The van der Waals surface area contributed by atoms with E-state index >= 15 is 0 Å². The highest BCUT2D eigenvalue weighted by Crippen LogP contribution is 2.34. The maximum atomic E-state index is 12.5. The van der Waals surface area contributed by atoms with Gasteiger partial charge in [-0.3, -0.25) is 0 Å². The molecule has 2 rings (SSSR count). The zero-order chi connectivity index (χ0) is 13.9. The van der Waals surface area contributed by atoms with Gasteiger partial charge in [-0.25, -0.2) is 13.1 Å². The van der Waals surface area contributed by atoms with E-state index in [-0.39, 0.29) is 5.25 Å². The van der Waals surface area contributed by atoms with Crippen LogP contribution in [0.25, 0.3) is 0 Å². The molecule has 112 valence electrons. The summed E-state index contributed by atoms with van der Waals surface area (Å²) in [5, 5.41) is -0.321. The predicted octanol–water partition coefficient (Wildman–Crippen LogP) is 0.992. The number of nitrogens with two attached hydrogens (primary N) is 1. The summed E-state index contributed by atoms with van der Waals surface area (Å²) >= 11 is 0. The molecular weight excluding hydrogens is 264 g/mol. The van der Waals surface area contributed by atoms with Crippen LogP contribution in [0, 0.1) is 5.92 Å². The van der Waals surface area contributed by atoms with Gasteiger partial charge in [0.25, 0.3) is 0 Å². The fourth-order valence-electron chi connectivity index (χ4n) is 3.26. The first-order valence-electron chi connectivity index (χ1n) is 7.31. The summed E-state index contributed by atoms with van der Waals surface area (Å²) in [5.41, 5.74) is 5.48. The average Bonchev–Trinajstić information content (AvgIpc) is 2.42. The first kappa shape index (κ1) is 15.2. The maximum absolute atomic E-state index is 12.5. The van der Waals surface area contributed by atoms with Gasteiger partial charge in [0.1, 0.15) is 0 Å². The van der Waals surface area contributed by atoms with Gasteiger partial charge in [0.05, 0.1) is 5.25 Å². The van der Waals surface area contributed by atoms with E-state index in [4.69, 9.17) is 10.5 Å². The standard InChI is InChI=1S/C13H26N2O3S/c1-11-4-2-3-7-13(11,10-14)15-19(16,17)12-5-8-18-9-6-12/h11-12,15H,2-10,14H2,1H3. The van der Waals surface area contributed by atoms with Gasteiger partial charge in [-0.15, -0.1) is 0 Å². The van der Waals surface area contributed by atoms with Gasteiger partial charge >= 0.3 is 0 Å². The SMILES string of the molecule is CC1CCCCC1(CN)NS(=O)(=O)C1CCOCC1. The molecule has 1 aliphatic heterocycles. The molecule has 1 saturated carbocycles. The molecule has 0 aromatic rings. The van der Waals surface area contributed by atoms with Crippen molar-refractivity contribution in [2.75, 3.05) is 19.8 Å². The molecule has 0 spiro atoms. The van der Waals surface area contributed by atoms with Crippen molar-refractivity contribution < 1.29 is 13.2 Å². The summed E-state index contributed by atoms with van der Waals surface area (Å²) in [4.78, 5) is 0. The lowest BCUT2D eigenvalue weighted by molar-refractivity contribution is 0.0973. The number of sulfonamides is 1. The Bertz CT molecular complexity index is 393. The van der Waals surface area contributed by atoms with Crippen LogP contribution in [-0.4, -0.2) is 39.0 Å². The van der Waals surface area contributed by atoms with Crippen molar-refractivity contribution in [3.8, 4) is 0 Å². The van der Waals surface area contributed by atoms with Crippen molar-refractivity contribution in [2.45, 2.75) is 56.2 Å². The van der Waals surface area contributed by atoms with E-state index < -0.39 is 15.6 Å². The van der Waals surface area contributed by atoms with E-state index in [0.717, 1.165) is 19.3 Å². The van der Waals surface area contributed by atoms with Crippen LogP contribution in [0.4, 0.5) is 0 Å². The number of ether oxygens (including phenoxy) is 1. The van der Waals surface area contributed by atoms with Gasteiger partial charge in [-0.1, -0.05) is 19.8 Å². The minimum atomic E-state index is -3.30. The van der Waals surface area contributed by atoms with Crippen molar-refractivity contribution in [3.05, 3.63) is 0 Å². The molecule has 5 nitrogen and oxygen atoms in total. The summed E-state index contributed by atoms with van der Waals surface area (Å²) in [6, 6.07) is 0. The Balaban J connectivity index is 2.12. The number of rotatable bonds is 4. The molecule has 0 amide bonds. The second kappa shape index (κ2) is 6.08. The largest absolute Gasteiger partial charge is 0.381 e. The molecule has 2 aliphatic rings. The minimum absolute atomic E-state index is 0.306. The van der Waals surface area contributed by atoms with Crippen LogP contribution in [0.15, 0.2) is 0 Å². The first-order valence-corrected chi connectivity index (χ1v) is 8.85. The van der Waals surface area contributed by atoms with E-state index in [0.29, 0.717) is 38.5 Å². The second-order valence-electron chi connectivity index (χ2n) is 5.97. The van der Waals surface area contributed by atoms with Crippen LogP contribution < -0.4 is 10.5 Å². The molecule has 1 heterocycles. The van der Waals surface area contributed by atoms with E-state index in [1.165, 1.54) is 6.42 Å². The van der Waals surface area contributed by atoms with Crippen LogP contribution in [-0.2, 0) is 14.8 Å². The Hall–Kier alpha value is -0.170. The highest BCUT2D eigenvalue weighted by Gasteiger charge is 2.42. The van der Waals surface area contributed by atoms with E-state index in [1.807, 2.05) is 0 Å². The predicted molar refractivity (Wildman–Crippen MR) is 75.3 cm³/mol. The van der Waals surface area contributed by atoms with Crippen molar-refractivity contribution in [1.82, 2.24) is 4.72 Å². The molecule has 0 aromatic heterocycles. The monoisotopic (exact) mass is 290 g/mol. The topological polar surface area (TPSA) is 81.4 Å². The lowest BCUT2D eigenvalue weighted by Gasteiger charge is -2.43. The third-order valence-electron chi connectivity index (χ3n) is 4.77. The molecule has 0 radical (unpaired) electrons. The summed E-state index contributed by atoms with van der Waals surface area (Å²) in [6.07, 6.45) is 5.30. The summed E-state index contributed by atoms with van der Waals surface area (Å²) in [5.74, 6) is 0.306. The molecular formula is C13H26N2O3S. The van der Waals surface area contributed by atoms with Crippen molar-refractivity contribution in [1.29, 1.82) is 0 Å². The van der Waals surface area contributed by atoms with E-state index in [2.05, 4.69) is 11.6 Å². The van der Waals surface area contributed by atoms with Gasteiger partial charge in [0.2, 0.25) is 10.0 Å². The zero-order valence-corrected chi connectivity index (χ0v) is 12.5. The van der Waals surface area contributed by atoms with Crippen LogP contribution in [0.1, 0.15) is 45.4 Å². The third kappa shape index (κ3) is 3.29. The fourth-order valence-corrected chi connectivity index (χ4v) is 5.20. The van der Waals surface area contributed by atoms with Gasteiger partial charge in [0.15, 0.2) is 0 Å². The van der Waals surface area contributed by atoms with Gasteiger partial charge in [0, 0.05) is 25.3 Å². The molecule has 19 heavy (non-hydrogen) atoms.